The Hall–Kier alpha value is -1.10. The molecule has 28 heavy (non-hydrogen) atoms. The highest BCUT2D eigenvalue weighted by atomic mass is 28.4. The van der Waals surface area contributed by atoms with E-state index in [4.69, 9.17) is 14.9 Å². The normalized spacial score (nSPS) is 37.0. The number of hydrogen-bond acceptors (Lipinski definition) is 3. The highest BCUT2D eigenvalue weighted by molar-refractivity contribution is 6.69. The van der Waals surface area contributed by atoms with Crippen LogP contribution in [0.3, 0.4) is 0 Å². The van der Waals surface area contributed by atoms with E-state index in [1.54, 1.807) is 18.2 Å². The Bertz CT molecular complexity index is 798. The van der Waals surface area contributed by atoms with Crippen LogP contribution in [0.1, 0.15) is 50.2 Å². The topological polar surface area (TPSA) is 44.5 Å². The van der Waals surface area contributed by atoms with E-state index in [-0.39, 0.29) is 11.0 Å². The molecule has 1 fully saturated rings. The number of ether oxygens (including phenoxy) is 1. The van der Waals surface area contributed by atoms with Crippen LogP contribution < -0.4 is 10.5 Å². The Kier molecular flexibility index (Phi) is 4.84. The molecule has 0 radical (unpaired) electrons. The molecule has 0 bridgehead atoms. The maximum Gasteiger partial charge on any atom is 0.184 e. The largest absolute Gasteiger partial charge is 0.497 e. The Morgan fingerprint density at radius 3 is 2.64 bits per heavy atom. The number of benzene rings is 1. The van der Waals surface area contributed by atoms with E-state index in [0.29, 0.717) is 24.3 Å². The lowest BCUT2D eigenvalue weighted by molar-refractivity contribution is -0.0402. The van der Waals surface area contributed by atoms with Crippen molar-refractivity contribution in [1.29, 1.82) is 0 Å². The van der Waals surface area contributed by atoms with Crippen molar-refractivity contribution in [3.63, 3.8) is 0 Å². The SMILES string of the molecule is COc1ccc2c(c1)C[C@@H](C)[C@H]1C3=CCC(CN)(O[Si](C)(C)C)[C@@]3(C)CC[C@H]21. The van der Waals surface area contributed by atoms with Gasteiger partial charge in [0.25, 0.3) is 0 Å². The van der Waals surface area contributed by atoms with Crippen LogP contribution >= 0.6 is 0 Å². The summed E-state index contributed by atoms with van der Waals surface area (Å²) in [6, 6.07) is 6.73. The molecule has 2 N–H and O–H groups in total. The Balaban J connectivity index is 1.72. The van der Waals surface area contributed by atoms with Crippen LogP contribution in [-0.4, -0.2) is 27.6 Å². The maximum absolute atomic E-state index is 6.87. The smallest absolute Gasteiger partial charge is 0.184 e. The van der Waals surface area contributed by atoms with Gasteiger partial charge in [0.1, 0.15) is 5.75 Å². The van der Waals surface area contributed by atoms with E-state index in [1.807, 2.05) is 0 Å². The summed E-state index contributed by atoms with van der Waals surface area (Å²) in [5, 5.41) is 0. The lowest BCUT2D eigenvalue weighted by Crippen LogP contribution is -2.58. The molecule has 3 aliphatic rings. The van der Waals surface area contributed by atoms with Gasteiger partial charge in [0.05, 0.1) is 12.7 Å². The zero-order chi connectivity index (χ0) is 20.3. The van der Waals surface area contributed by atoms with Crippen LogP contribution in [0, 0.1) is 17.3 Å². The van der Waals surface area contributed by atoms with Crippen LogP contribution in [0.15, 0.2) is 29.8 Å². The molecule has 4 heteroatoms. The molecule has 4 rings (SSSR count). The first-order valence-electron chi connectivity index (χ1n) is 10.9. The molecule has 1 unspecified atom stereocenters. The van der Waals surface area contributed by atoms with Crippen LogP contribution in [0.25, 0.3) is 0 Å². The van der Waals surface area contributed by atoms with Gasteiger partial charge in [-0.1, -0.05) is 31.6 Å². The van der Waals surface area contributed by atoms with Crippen molar-refractivity contribution < 1.29 is 9.16 Å². The summed E-state index contributed by atoms with van der Waals surface area (Å²) in [5.41, 5.74) is 11.0. The van der Waals surface area contributed by atoms with Crippen LogP contribution in [0.2, 0.25) is 19.6 Å². The van der Waals surface area contributed by atoms with E-state index >= 15 is 0 Å². The lowest BCUT2D eigenvalue weighted by Gasteiger charge is -2.55. The van der Waals surface area contributed by atoms with Gasteiger partial charge in [-0.2, -0.15) is 0 Å². The van der Waals surface area contributed by atoms with Crippen LogP contribution in [0.4, 0.5) is 0 Å². The maximum atomic E-state index is 6.87. The number of nitrogens with two attached hydrogens (primary N) is 1. The minimum absolute atomic E-state index is 0.0709. The third kappa shape index (κ3) is 2.91. The summed E-state index contributed by atoms with van der Waals surface area (Å²) in [5.74, 6) is 2.84. The molecule has 0 amide bonds. The molecule has 154 valence electrons. The zero-order valence-corrected chi connectivity index (χ0v) is 19.5. The van der Waals surface area contributed by atoms with E-state index in [1.165, 1.54) is 18.4 Å². The van der Waals surface area contributed by atoms with Crippen molar-refractivity contribution in [3.05, 3.63) is 41.0 Å². The third-order valence-electron chi connectivity index (χ3n) is 7.78. The first-order chi connectivity index (χ1) is 13.1. The van der Waals surface area contributed by atoms with E-state index in [9.17, 15) is 0 Å². The Morgan fingerprint density at radius 1 is 1.25 bits per heavy atom. The second-order valence-corrected chi connectivity index (χ2v) is 15.0. The lowest BCUT2D eigenvalue weighted by atomic mass is 9.53. The Morgan fingerprint density at radius 2 is 2.00 bits per heavy atom. The first kappa shape index (κ1) is 20.2. The predicted molar refractivity (Wildman–Crippen MR) is 118 cm³/mol. The molecule has 0 saturated heterocycles. The molecule has 5 atom stereocenters. The minimum Gasteiger partial charge on any atom is -0.497 e. The zero-order valence-electron chi connectivity index (χ0n) is 18.5. The second-order valence-electron chi connectivity index (χ2n) is 10.5. The number of rotatable bonds is 4. The molecule has 1 saturated carbocycles. The fourth-order valence-corrected chi connectivity index (χ4v) is 8.13. The summed E-state index contributed by atoms with van der Waals surface area (Å²) in [7, 11) is 0.0661. The molecular formula is C24H37NO2Si. The third-order valence-corrected chi connectivity index (χ3v) is 8.78. The van der Waals surface area contributed by atoms with Crippen molar-refractivity contribution in [2.45, 2.75) is 70.7 Å². The fraction of sp³-hybridized carbons (Fsp3) is 0.667. The molecule has 1 aromatic rings. The highest BCUT2D eigenvalue weighted by Crippen LogP contribution is 2.64. The molecule has 1 aromatic carbocycles. The quantitative estimate of drug-likeness (QED) is 0.554. The summed E-state index contributed by atoms with van der Waals surface area (Å²) in [6.07, 6.45) is 7.02. The summed E-state index contributed by atoms with van der Waals surface area (Å²) in [4.78, 5) is 0. The average molecular weight is 400 g/mol. The molecular weight excluding hydrogens is 362 g/mol. The van der Waals surface area contributed by atoms with Gasteiger partial charge in [0.2, 0.25) is 0 Å². The van der Waals surface area contributed by atoms with Gasteiger partial charge < -0.3 is 14.9 Å². The number of fused-ring (bicyclic) bond motifs is 5. The molecule has 0 aromatic heterocycles. The second kappa shape index (κ2) is 6.71. The standard InChI is InChI=1S/C24H37NO2Si/c1-16-13-17-14-18(26-3)7-8-19(17)20-9-11-23(2)21(22(16)20)10-12-24(23,15-25)27-28(4,5)6/h7-8,10,14,16,20,22H,9,11-13,15,25H2,1-6H3/t16-,20-,22-,23+,24?/m1/s1. The summed E-state index contributed by atoms with van der Waals surface area (Å²) in [6.45, 7) is 12.4. The van der Waals surface area contributed by atoms with Crippen molar-refractivity contribution in [2.24, 2.45) is 23.0 Å². The summed E-state index contributed by atoms with van der Waals surface area (Å²) < 4.78 is 12.4. The van der Waals surface area contributed by atoms with Crippen molar-refractivity contribution in [2.75, 3.05) is 13.7 Å². The van der Waals surface area contributed by atoms with Gasteiger partial charge in [0, 0.05) is 12.0 Å². The first-order valence-corrected chi connectivity index (χ1v) is 14.3. The van der Waals surface area contributed by atoms with E-state index < -0.39 is 8.32 Å². The monoisotopic (exact) mass is 399 g/mol. The predicted octanol–water partition coefficient (Wildman–Crippen LogP) is 5.27. The minimum atomic E-state index is -1.69. The van der Waals surface area contributed by atoms with Crippen molar-refractivity contribution in [1.82, 2.24) is 0 Å². The van der Waals surface area contributed by atoms with Crippen molar-refractivity contribution in [3.8, 4) is 5.75 Å². The van der Waals surface area contributed by atoms with Crippen molar-refractivity contribution >= 4 is 8.32 Å². The average Bonchev–Trinajstić information content (AvgIpc) is 2.92. The molecule has 3 nitrogen and oxygen atoms in total. The Labute approximate surface area is 171 Å². The van der Waals surface area contributed by atoms with Gasteiger partial charge in [0.15, 0.2) is 8.32 Å². The molecule has 0 spiro atoms. The molecule has 3 aliphatic carbocycles. The van der Waals surface area contributed by atoms with Gasteiger partial charge in [-0.05, 0) is 86.3 Å². The van der Waals surface area contributed by atoms with Crippen LogP contribution in [0.5, 0.6) is 5.75 Å². The van der Waals surface area contributed by atoms with Gasteiger partial charge in [-0.25, -0.2) is 0 Å². The van der Waals surface area contributed by atoms with Gasteiger partial charge in [-0.3, -0.25) is 0 Å². The van der Waals surface area contributed by atoms with E-state index in [0.717, 1.165) is 18.6 Å². The summed E-state index contributed by atoms with van der Waals surface area (Å²) >= 11 is 0. The van der Waals surface area contributed by atoms with Gasteiger partial charge >= 0.3 is 0 Å². The molecule has 0 heterocycles. The number of methoxy groups -OCH3 is 1. The highest BCUT2D eigenvalue weighted by Gasteiger charge is 2.60. The number of hydrogen-bond donors (Lipinski definition) is 1. The molecule has 0 aliphatic heterocycles. The fourth-order valence-electron chi connectivity index (χ4n) is 6.57. The van der Waals surface area contributed by atoms with Crippen LogP contribution in [-0.2, 0) is 10.8 Å². The van der Waals surface area contributed by atoms with Gasteiger partial charge in [-0.15, -0.1) is 0 Å². The van der Waals surface area contributed by atoms with E-state index in [2.05, 4.69) is 57.8 Å².